The van der Waals surface area contributed by atoms with Gasteiger partial charge in [-0.25, -0.2) is 0 Å². The molecule has 90 valence electrons. The summed E-state index contributed by atoms with van der Waals surface area (Å²) in [6.07, 6.45) is 2.63. The molecule has 17 heavy (non-hydrogen) atoms. The average Bonchev–Trinajstić information content (AvgIpc) is 2.82. The molecule has 2 unspecified atom stereocenters. The number of benzene rings is 1. The van der Waals surface area contributed by atoms with Gasteiger partial charge in [-0.2, -0.15) is 0 Å². The monoisotopic (exact) mass is 230 g/mol. The third kappa shape index (κ3) is 3.46. The Morgan fingerprint density at radius 2 is 1.88 bits per heavy atom. The van der Waals surface area contributed by atoms with Gasteiger partial charge < -0.3 is 9.52 Å². The molecule has 0 aliphatic rings. The molecule has 0 radical (unpaired) electrons. The highest BCUT2D eigenvalue weighted by molar-refractivity contribution is 5.18. The first-order valence-electron chi connectivity index (χ1n) is 6.01. The second-order valence-electron chi connectivity index (χ2n) is 4.48. The van der Waals surface area contributed by atoms with Crippen molar-refractivity contribution in [2.24, 2.45) is 0 Å². The Morgan fingerprint density at radius 1 is 1.12 bits per heavy atom. The zero-order valence-electron chi connectivity index (χ0n) is 10.0. The predicted molar refractivity (Wildman–Crippen MR) is 67.9 cm³/mol. The van der Waals surface area contributed by atoms with Crippen LogP contribution in [-0.4, -0.2) is 11.2 Å². The fourth-order valence-electron chi connectivity index (χ4n) is 2.07. The highest BCUT2D eigenvalue weighted by Gasteiger charge is 2.13. The molecule has 0 bridgehead atoms. The lowest BCUT2D eigenvalue weighted by atomic mass is 9.94. The number of furan rings is 1. The highest BCUT2D eigenvalue weighted by Crippen LogP contribution is 2.21. The van der Waals surface area contributed by atoms with Crippen molar-refractivity contribution in [2.45, 2.75) is 31.8 Å². The zero-order chi connectivity index (χ0) is 12.1. The molecule has 0 saturated carbocycles. The van der Waals surface area contributed by atoms with E-state index in [2.05, 4.69) is 19.1 Å². The van der Waals surface area contributed by atoms with E-state index in [1.165, 1.54) is 5.56 Å². The van der Waals surface area contributed by atoms with Gasteiger partial charge in [-0.1, -0.05) is 37.3 Å². The molecule has 1 aromatic carbocycles. The van der Waals surface area contributed by atoms with Crippen LogP contribution in [0.2, 0.25) is 0 Å². The van der Waals surface area contributed by atoms with Gasteiger partial charge in [0.05, 0.1) is 12.4 Å². The first kappa shape index (κ1) is 11.9. The summed E-state index contributed by atoms with van der Waals surface area (Å²) < 4.78 is 5.23. The summed E-state index contributed by atoms with van der Waals surface area (Å²) in [4.78, 5) is 0. The van der Waals surface area contributed by atoms with Crippen LogP contribution >= 0.6 is 0 Å². The third-order valence-electron chi connectivity index (χ3n) is 3.01. The Bertz CT molecular complexity index is 419. The molecule has 1 N–H and O–H groups in total. The minimum absolute atomic E-state index is 0.351. The van der Waals surface area contributed by atoms with Crippen molar-refractivity contribution in [2.75, 3.05) is 0 Å². The lowest BCUT2D eigenvalue weighted by Gasteiger charge is -2.15. The summed E-state index contributed by atoms with van der Waals surface area (Å²) in [6.45, 7) is 2.14. The first-order chi connectivity index (χ1) is 8.25. The maximum atomic E-state index is 9.99. The highest BCUT2D eigenvalue weighted by atomic mass is 16.3. The SMILES string of the molecule is CC(CC(O)Cc1ccco1)c1ccccc1. The van der Waals surface area contributed by atoms with E-state index in [4.69, 9.17) is 4.42 Å². The fourth-order valence-corrected chi connectivity index (χ4v) is 2.07. The Balaban J connectivity index is 1.88. The van der Waals surface area contributed by atoms with Crippen molar-refractivity contribution < 1.29 is 9.52 Å². The maximum absolute atomic E-state index is 9.99. The molecule has 0 aliphatic carbocycles. The molecule has 1 aromatic heterocycles. The molecule has 0 saturated heterocycles. The fraction of sp³-hybridized carbons (Fsp3) is 0.333. The van der Waals surface area contributed by atoms with Gasteiger partial charge in [0.1, 0.15) is 5.76 Å². The largest absolute Gasteiger partial charge is 0.469 e. The van der Waals surface area contributed by atoms with Crippen LogP contribution < -0.4 is 0 Å². The Labute approximate surface area is 102 Å². The number of rotatable bonds is 5. The van der Waals surface area contributed by atoms with Crippen LogP contribution in [-0.2, 0) is 6.42 Å². The minimum Gasteiger partial charge on any atom is -0.469 e. The number of hydrogen-bond donors (Lipinski definition) is 1. The molecule has 0 spiro atoms. The van der Waals surface area contributed by atoms with Crippen LogP contribution in [0.3, 0.4) is 0 Å². The van der Waals surface area contributed by atoms with E-state index in [9.17, 15) is 5.11 Å². The van der Waals surface area contributed by atoms with Crippen molar-refractivity contribution >= 4 is 0 Å². The van der Waals surface area contributed by atoms with Gasteiger partial charge in [-0.05, 0) is 30.0 Å². The molecule has 2 atom stereocenters. The van der Waals surface area contributed by atoms with Crippen LogP contribution in [0.4, 0.5) is 0 Å². The van der Waals surface area contributed by atoms with Gasteiger partial charge in [-0.3, -0.25) is 0 Å². The maximum Gasteiger partial charge on any atom is 0.106 e. The van der Waals surface area contributed by atoms with Gasteiger partial charge in [0.2, 0.25) is 0 Å². The van der Waals surface area contributed by atoms with Crippen LogP contribution in [0.5, 0.6) is 0 Å². The van der Waals surface area contributed by atoms with Crippen molar-refractivity contribution in [3.8, 4) is 0 Å². The molecule has 2 nitrogen and oxygen atoms in total. The molecular formula is C15H18O2. The summed E-state index contributed by atoms with van der Waals surface area (Å²) >= 11 is 0. The topological polar surface area (TPSA) is 33.4 Å². The smallest absolute Gasteiger partial charge is 0.106 e. The minimum atomic E-state index is -0.351. The second kappa shape index (κ2) is 5.69. The molecule has 0 aliphatic heterocycles. The van der Waals surface area contributed by atoms with E-state index in [0.29, 0.717) is 12.3 Å². The lowest BCUT2D eigenvalue weighted by Crippen LogP contribution is -2.13. The first-order valence-corrected chi connectivity index (χ1v) is 6.01. The van der Waals surface area contributed by atoms with Gasteiger partial charge in [0.15, 0.2) is 0 Å². The van der Waals surface area contributed by atoms with E-state index in [1.807, 2.05) is 30.3 Å². The second-order valence-corrected chi connectivity index (χ2v) is 4.48. The van der Waals surface area contributed by atoms with E-state index in [0.717, 1.165) is 12.2 Å². The van der Waals surface area contributed by atoms with Crippen molar-refractivity contribution in [3.63, 3.8) is 0 Å². The summed E-state index contributed by atoms with van der Waals surface area (Å²) in [5.41, 5.74) is 1.27. The molecular weight excluding hydrogens is 212 g/mol. The van der Waals surface area contributed by atoms with E-state index in [1.54, 1.807) is 6.26 Å². The quantitative estimate of drug-likeness (QED) is 0.854. The van der Waals surface area contributed by atoms with Crippen LogP contribution in [0.25, 0.3) is 0 Å². The summed E-state index contributed by atoms with van der Waals surface area (Å²) in [5, 5.41) is 9.99. The Morgan fingerprint density at radius 3 is 2.53 bits per heavy atom. The third-order valence-corrected chi connectivity index (χ3v) is 3.01. The summed E-state index contributed by atoms with van der Waals surface area (Å²) in [7, 11) is 0. The van der Waals surface area contributed by atoms with Gasteiger partial charge in [0, 0.05) is 6.42 Å². The standard InChI is InChI=1S/C15H18O2/c1-12(13-6-3-2-4-7-13)10-14(16)11-15-8-5-9-17-15/h2-9,12,14,16H,10-11H2,1H3. The number of hydrogen-bond acceptors (Lipinski definition) is 2. The predicted octanol–water partition coefficient (Wildman–Crippen LogP) is 3.38. The molecule has 2 aromatic rings. The molecule has 0 amide bonds. The molecule has 0 fully saturated rings. The lowest BCUT2D eigenvalue weighted by molar-refractivity contribution is 0.150. The van der Waals surface area contributed by atoms with Crippen molar-refractivity contribution in [1.29, 1.82) is 0 Å². The summed E-state index contributed by atoms with van der Waals surface area (Å²) in [5.74, 6) is 1.21. The van der Waals surface area contributed by atoms with E-state index < -0.39 is 0 Å². The number of aliphatic hydroxyl groups excluding tert-OH is 1. The average molecular weight is 230 g/mol. The zero-order valence-corrected chi connectivity index (χ0v) is 10.0. The molecule has 2 heteroatoms. The number of aliphatic hydroxyl groups is 1. The van der Waals surface area contributed by atoms with Crippen molar-refractivity contribution in [3.05, 3.63) is 60.1 Å². The van der Waals surface area contributed by atoms with E-state index in [-0.39, 0.29) is 6.10 Å². The molecule has 2 rings (SSSR count). The van der Waals surface area contributed by atoms with E-state index >= 15 is 0 Å². The van der Waals surface area contributed by atoms with Gasteiger partial charge >= 0.3 is 0 Å². The van der Waals surface area contributed by atoms with Crippen molar-refractivity contribution in [1.82, 2.24) is 0 Å². The Kier molecular flexibility index (Phi) is 3.99. The normalized spacial score (nSPS) is 14.5. The van der Waals surface area contributed by atoms with Gasteiger partial charge in [-0.15, -0.1) is 0 Å². The molecule has 1 heterocycles. The van der Waals surface area contributed by atoms with Crippen LogP contribution in [0.15, 0.2) is 53.1 Å². The van der Waals surface area contributed by atoms with Crippen LogP contribution in [0, 0.1) is 0 Å². The summed E-state index contributed by atoms with van der Waals surface area (Å²) in [6, 6.07) is 14.0. The Hall–Kier alpha value is -1.54. The van der Waals surface area contributed by atoms with Crippen LogP contribution in [0.1, 0.15) is 30.6 Å². The van der Waals surface area contributed by atoms with Gasteiger partial charge in [0.25, 0.3) is 0 Å².